The zero-order chi connectivity index (χ0) is 11.5. The summed E-state index contributed by atoms with van der Waals surface area (Å²) in [7, 11) is 0. The van der Waals surface area contributed by atoms with Crippen molar-refractivity contribution >= 4 is 0 Å². The molecule has 0 aliphatic rings. The largest absolute Gasteiger partial charge is 0.382 e. The summed E-state index contributed by atoms with van der Waals surface area (Å²) in [6.45, 7) is 0. The average molecular weight is 221 g/mol. The molecule has 0 spiro atoms. The molecule has 16 heavy (non-hydrogen) atoms. The van der Waals surface area contributed by atoms with Crippen LogP contribution in [0.15, 0.2) is 42.6 Å². The number of aromatic nitrogens is 1. The van der Waals surface area contributed by atoms with Crippen molar-refractivity contribution in [1.29, 1.82) is 0 Å². The molecule has 2 rings (SSSR count). The van der Waals surface area contributed by atoms with E-state index in [0.29, 0.717) is 11.3 Å². The van der Waals surface area contributed by atoms with Crippen molar-refractivity contribution in [2.75, 3.05) is 0 Å². The maximum absolute atomic E-state index is 12.7. The summed E-state index contributed by atoms with van der Waals surface area (Å²) >= 11 is 0. The van der Waals surface area contributed by atoms with Crippen molar-refractivity contribution in [1.82, 2.24) is 4.98 Å². The molecule has 1 heterocycles. The molecule has 0 amide bonds. The van der Waals surface area contributed by atoms with E-state index in [9.17, 15) is 13.9 Å². The van der Waals surface area contributed by atoms with Gasteiger partial charge in [0.15, 0.2) is 0 Å². The van der Waals surface area contributed by atoms with Crippen molar-refractivity contribution in [3.8, 4) is 0 Å². The monoisotopic (exact) mass is 221 g/mol. The fraction of sp³-hybridized carbons (Fsp3) is 0.0833. The van der Waals surface area contributed by atoms with Crippen LogP contribution < -0.4 is 0 Å². The number of aliphatic hydroxyl groups excluding tert-OH is 1. The Morgan fingerprint density at radius 2 is 1.56 bits per heavy atom. The van der Waals surface area contributed by atoms with Gasteiger partial charge < -0.3 is 5.11 Å². The Morgan fingerprint density at radius 1 is 0.938 bits per heavy atom. The van der Waals surface area contributed by atoms with E-state index in [0.717, 1.165) is 6.20 Å². The Labute approximate surface area is 91.2 Å². The molecule has 1 N–H and O–H groups in total. The molecule has 82 valence electrons. The maximum Gasteiger partial charge on any atom is 0.141 e. The van der Waals surface area contributed by atoms with Gasteiger partial charge in [-0.25, -0.2) is 8.78 Å². The lowest BCUT2D eigenvalue weighted by molar-refractivity contribution is 0.215. The molecule has 0 saturated carbocycles. The summed E-state index contributed by atoms with van der Waals surface area (Å²) in [5, 5.41) is 9.87. The van der Waals surface area contributed by atoms with E-state index >= 15 is 0 Å². The standard InChI is InChI=1S/C12H9F2NO/c13-9-3-1-8(2-4-9)12(16)11-6-5-10(14)7-15-11/h1-7,12,16H. The molecule has 0 radical (unpaired) electrons. The number of hydrogen-bond donors (Lipinski definition) is 1. The van der Waals surface area contributed by atoms with Gasteiger partial charge in [0.05, 0.1) is 11.9 Å². The second kappa shape index (κ2) is 4.37. The summed E-state index contributed by atoms with van der Waals surface area (Å²) in [5.41, 5.74) is 0.841. The molecule has 2 aromatic rings. The van der Waals surface area contributed by atoms with Crippen molar-refractivity contribution in [3.05, 3.63) is 65.5 Å². The van der Waals surface area contributed by atoms with Gasteiger partial charge in [0, 0.05) is 0 Å². The minimum Gasteiger partial charge on any atom is -0.382 e. The zero-order valence-electron chi connectivity index (χ0n) is 8.27. The highest BCUT2D eigenvalue weighted by Gasteiger charge is 2.11. The van der Waals surface area contributed by atoms with Crippen LogP contribution in [-0.4, -0.2) is 10.1 Å². The summed E-state index contributed by atoms with van der Waals surface area (Å²) in [6.07, 6.45) is 0.0587. The number of aliphatic hydroxyl groups is 1. The van der Waals surface area contributed by atoms with Gasteiger partial charge >= 0.3 is 0 Å². The lowest BCUT2D eigenvalue weighted by Gasteiger charge is -2.09. The second-order valence-corrected chi connectivity index (χ2v) is 3.36. The van der Waals surface area contributed by atoms with Gasteiger partial charge in [-0.15, -0.1) is 0 Å². The molecule has 0 aliphatic heterocycles. The Bertz CT molecular complexity index is 422. The third kappa shape index (κ3) is 2.23. The first-order valence-electron chi connectivity index (χ1n) is 4.72. The average Bonchev–Trinajstić information content (AvgIpc) is 2.30. The van der Waals surface area contributed by atoms with Crippen LogP contribution in [0.25, 0.3) is 0 Å². The van der Waals surface area contributed by atoms with E-state index in [1.807, 2.05) is 0 Å². The molecule has 1 atom stereocenters. The fourth-order valence-electron chi connectivity index (χ4n) is 1.36. The first-order valence-corrected chi connectivity index (χ1v) is 4.72. The molecule has 0 bridgehead atoms. The minimum atomic E-state index is -0.971. The highest BCUT2D eigenvalue weighted by atomic mass is 19.1. The lowest BCUT2D eigenvalue weighted by atomic mass is 10.1. The van der Waals surface area contributed by atoms with Crippen LogP contribution in [0.4, 0.5) is 8.78 Å². The molecule has 0 aliphatic carbocycles. The summed E-state index contributed by atoms with van der Waals surface area (Å²) < 4.78 is 25.3. The van der Waals surface area contributed by atoms with E-state index < -0.39 is 11.9 Å². The van der Waals surface area contributed by atoms with Crippen molar-refractivity contribution in [2.24, 2.45) is 0 Å². The normalized spacial score (nSPS) is 12.4. The number of benzene rings is 1. The number of rotatable bonds is 2. The fourth-order valence-corrected chi connectivity index (χ4v) is 1.36. The van der Waals surface area contributed by atoms with Gasteiger partial charge in [0.25, 0.3) is 0 Å². The molecule has 1 aromatic heterocycles. The number of pyridine rings is 1. The van der Waals surface area contributed by atoms with E-state index in [2.05, 4.69) is 4.98 Å². The Kier molecular flexibility index (Phi) is 2.92. The van der Waals surface area contributed by atoms with Crippen LogP contribution in [0.1, 0.15) is 17.4 Å². The van der Waals surface area contributed by atoms with Gasteiger partial charge in [-0.2, -0.15) is 0 Å². The van der Waals surface area contributed by atoms with Crippen LogP contribution in [0.5, 0.6) is 0 Å². The summed E-state index contributed by atoms with van der Waals surface area (Å²) in [5.74, 6) is -0.835. The maximum atomic E-state index is 12.7. The quantitative estimate of drug-likeness (QED) is 0.844. The molecule has 4 heteroatoms. The van der Waals surface area contributed by atoms with Gasteiger partial charge in [0.2, 0.25) is 0 Å². The third-order valence-electron chi connectivity index (χ3n) is 2.22. The number of halogens is 2. The SMILES string of the molecule is OC(c1ccc(F)cc1)c1ccc(F)cn1. The van der Waals surface area contributed by atoms with Crippen LogP contribution in [0.2, 0.25) is 0 Å². The molecule has 1 aromatic carbocycles. The minimum absolute atomic E-state index is 0.327. The Hall–Kier alpha value is -1.81. The number of hydrogen-bond acceptors (Lipinski definition) is 2. The highest BCUT2D eigenvalue weighted by molar-refractivity contribution is 5.25. The van der Waals surface area contributed by atoms with E-state index in [4.69, 9.17) is 0 Å². The highest BCUT2D eigenvalue weighted by Crippen LogP contribution is 2.20. The third-order valence-corrected chi connectivity index (χ3v) is 2.22. The Balaban J connectivity index is 2.28. The second-order valence-electron chi connectivity index (χ2n) is 3.36. The van der Waals surface area contributed by atoms with Crippen molar-refractivity contribution in [3.63, 3.8) is 0 Å². The van der Waals surface area contributed by atoms with Crippen LogP contribution in [0, 0.1) is 11.6 Å². The topological polar surface area (TPSA) is 33.1 Å². The first kappa shape index (κ1) is 10.7. The van der Waals surface area contributed by atoms with E-state index in [1.165, 1.54) is 36.4 Å². The van der Waals surface area contributed by atoms with Crippen LogP contribution >= 0.6 is 0 Å². The van der Waals surface area contributed by atoms with Crippen LogP contribution in [-0.2, 0) is 0 Å². The zero-order valence-corrected chi connectivity index (χ0v) is 8.27. The smallest absolute Gasteiger partial charge is 0.141 e. The van der Waals surface area contributed by atoms with E-state index in [1.54, 1.807) is 0 Å². The van der Waals surface area contributed by atoms with Gasteiger partial charge in [-0.1, -0.05) is 12.1 Å². The van der Waals surface area contributed by atoms with Gasteiger partial charge in [-0.05, 0) is 29.8 Å². The summed E-state index contributed by atoms with van der Waals surface area (Å²) in [4.78, 5) is 3.76. The molecule has 2 nitrogen and oxygen atoms in total. The van der Waals surface area contributed by atoms with Crippen LogP contribution in [0.3, 0.4) is 0 Å². The molecule has 1 unspecified atom stereocenters. The predicted octanol–water partition coefficient (Wildman–Crippen LogP) is 2.44. The molecular formula is C12H9F2NO. The number of nitrogens with zero attached hydrogens (tertiary/aromatic N) is 1. The first-order chi connectivity index (χ1) is 7.66. The van der Waals surface area contributed by atoms with E-state index in [-0.39, 0.29) is 5.82 Å². The van der Waals surface area contributed by atoms with Gasteiger partial charge in [0.1, 0.15) is 17.7 Å². The predicted molar refractivity (Wildman–Crippen MR) is 54.7 cm³/mol. The lowest BCUT2D eigenvalue weighted by Crippen LogP contribution is -2.02. The summed E-state index contributed by atoms with van der Waals surface area (Å²) in [6, 6.07) is 8.04. The van der Waals surface area contributed by atoms with Crippen molar-refractivity contribution < 1.29 is 13.9 Å². The molecular weight excluding hydrogens is 212 g/mol. The van der Waals surface area contributed by atoms with Crippen molar-refractivity contribution in [2.45, 2.75) is 6.10 Å². The van der Waals surface area contributed by atoms with Gasteiger partial charge in [-0.3, -0.25) is 4.98 Å². The molecule has 0 saturated heterocycles. The molecule has 0 fully saturated rings. The Morgan fingerprint density at radius 3 is 2.12 bits per heavy atom.